The summed E-state index contributed by atoms with van der Waals surface area (Å²) in [5, 5.41) is 10.6. The van der Waals surface area contributed by atoms with Crippen LogP contribution in [0.2, 0.25) is 0 Å². The Balaban J connectivity index is 2.31. The number of anilines is 1. The van der Waals surface area contributed by atoms with Crippen LogP contribution in [0.25, 0.3) is 10.8 Å². The molecule has 0 aliphatic rings. The van der Waals surface area contributed by atoms with Crippen LogP contribution in [0.4, 0.5) is 5.82 Å². The molecule has 0 amide bonds. The van der Waals surface area contributed by atoms with Gasteiger partial charge in [0.15, 0.2) is 5.82 Å². The number of ether oxygens (including phenoxy) is 1. The van der Waals surface area contributed by atoms with Gasteiger partial charge in [0.25, 0.3) is 0 Å². The van der Waals surface area contributed by atoms with Crippen molar-refractivity contribution in [3.05, 3.63) is 30.5 Å². The van der Waals surface area contributed by atoms with Crippen LogP contribution in [0, 0.1) is 0 Å². The standard InChI is InChI=1S/C14H20N4O/c1-19-10-9-18(8-4-7-15)14-13-6-3-2-5-12(13)11-16-17-14/h2-3,5-6,11H,4,7-10,15H2,1H3. The molecule has 2 aromatic rings. The SMILES string of the molecule is COCCN(CCCN)c1nncc2ccccc12. The first kappa shape index (κ1) is 13.7. The fourth-order valence-corrected chi connectivity index (χ4v) is 2.05. The Morgan fingerprint density at radius 2 is 2.11 bits per heavy atom. The van der Waals surface area contributed by atoms with Crippen molar-refractivity contribution in [1.82, 2.24) is 10.2 Å². The van der Waals surface area contributed by atoms with E-state index in [0.717, 1.165) is 36.1 Å². The van der Waals surface area contributed by atoms with E-state index < -0.39 is 0 Å². The van der Waals surface area contributed by atoms with Crippen LogP contribution in [0.1, 0.15) is 6.42 Å². The molecule has 5 nitrogen and oxygen atoms in total. The van der Waals surface area contributed by atoms with E-state index in [-0.39, 0.29) is 0 Å². The molecule has 19 heavy (non-hydrogen) atoms. The molecular weight excluding hydrogens is 240 g/mol. The summed E-state index contributed by atoms with van der Waals surface area (Å²) in [5.41, 5.74) is 5.60. The summed E-state index contributed by atoms with van der Waals surface area (Å²) in [6, 6.07) is 8.14. The lowest BCUT2D eigenvalue weighted by atomic mass is 10.2. The van der Waals surface area contributed by atoms with Crippen LogP contribution in [-0.4, -0.2) is 43.5 Å². The third-order valence-corrected chi connectivity index (χ3v) is 3.05. The van der Waals surface area contributed by atoms with Crippen LogP contribution in [0.5, 0.6) is 0 Å². The summed E-state index contributed by atoms with van der Waals surface area (Å²) in [6.45, 7) is 2.99. The van der Waals surface area contributed by atoms with E-state index in [0.29, 0.717) is 13.2 Å². The van der Waals surface area contributed by atoms with Crippen molar-refractivity contribution in [2.45, 2.75) is 6.42 Å². The highest BCUT2D eigenvalue weighted by Gasteiger charge is 2.11. The number of rotatable bonds is 7. The summed E-state index contributed by atoms with van der Waals surface area (Å²) in [5.74, 6) is 0.906. The highest BCUT2D eigenvalue weighted by atomic mass is 16.5. The van der Waals surface area contributed by atoms with Crippen LogP contribution in [0.15, 0.2) is 30.5 Å². The Kier molecular flexibility index (Phi) is 5.06. The van der Waals surface area contributed by atoms with Gasteiger partial charge in [-0.3, -0.25) is 0 Å². The summed E-state index contributed by atoms with van der Waals surface area (Å²) in [7, 11) is 1.70. The van der Waals surface area contributed by atoms with Gasteiger partial charge in [-0.1, -0.05) is 24.3 Å². The maximum atomic E-state index is 5.60. The van der Waals surface area contributed by atoms with Crippen molar-refractivity contribution < 1.29 is 4.74 Å². The zero-order chi connectivity index (χ0) is 13.5. The summed E-state index contributed by atoms with van der Waals surface area (Å²) >= 11 is 0. The number of hydrogen-bond acceptors (Lipinski definition) is 5. The number of nitrogens with two attached hydrogens (primary N) is 1. The molecule has 0 fully saturated rings. The zero-order valence-electron chi connectivity index (χ0n) is 11.2. The molecule has 102 valence electrons. The molecule has 1 aromatic carbocycles. The minimum absolute atomic E-state index is 0.662. The molecule has 0 atom stereocenters. The Morgan fingerprint density at radius 1 is 1.26 bits per heavy atom. The Morgan fingerprint density at radius 3 is 2.89 bits per heavy atom. The molecule has 2 rings (SSSR count). The summed E-state index contributed by atoms with van der Waals surface area (Å²) in [4.78, 5) is 2.19. The zero-order valence-corrected chi connectivity index (χ0v) is 11.2. The van der Waals surface area contributed by atoms with E-state index in [9.17, 15) is 0 Å². The molecule has 0 aliphatic carbocycles. The molecule has 0 aliphatic heterocycles. The number of methoxy groups -OCH3 is 1. The third kappa shape index (κ3) is 3.39. The minimum Gasteiger partial charge on any atom is -0.383 e. The predicted molar refractivity (Wildman–Crippen MR) is 77.3 cm³/mol. The van der Waals surface area contributed by atoms with Gasteiger partial charge in [0.1, 0.15) is 0 Å². The monoisotopic (exact) mass is 260 g/mol. The largest absolute Gasteiger partial charge is 0.383 e. The van der Waals surface area contributed by atoms with Crippen molar-refractivity contribution in [1.29, 1.82) is 0 Å². The molecule has 0 radical (unpaired) electrons. The van der Waals surface area contributed by atoms with Gasteiger partial charge in [-0.25, -0.2) is 0 Å². The average molecular weight is 260 g/mol. The van der Waals surface area contributed by atoms with Gasteiger partial charge in [-0.2, -0.15) is 5.10 Å². The lowest BCUT2D eigenvalue weighted by Crippen LogP contribution is -2.30. The molecule has 0 saturated carbocycles. The average Bonchev–Trinajstić information content (AvgIpc) is 2.47. The third-order valence-electron chi connectivity index (χ3n) is 3.05. The second kappa shape index (κ2) is 7.01. The smallest absolute Gasteiger partial charge is 0.159 e. The maximum absolute atomic E-state index is 5.60. The predicted octanol–water partition coefficient (Wildman–Crippen LogP) is 1.43. The van der Waals surface area contributed by atoms with E-state index in [4.69, 9.17) is 10.5 Å². The molecule has 1 heterocycles. The molecule has 2 N–H and O–H groups in total. The quantitative estimate of drug-likeness (QED) is 0.816. The summed E-state index contributed by atoms with van der Waals surface area (Å²) < 4.78 is 5.16. The van der Waals surface area contributed by atoms with E-state index in [2.05, 4.69) is 21.2 Å². The highest BCUT2D eigenvalue weighted by Crippen LogP contribution is 2.22. The Hall–Kier alpha value is -1.72. The Bertz CT molecular complexity index is 504. The molecule has 5 heteroatoms. The molecule has 0 unspecified atom stereocenters. The lowest BCUT2D eigenvalue weighted by Gasteiger charge is -2.23. The van der Waals surface area contributed by atoms with E-state index in [1.165, 1.54) is 0 Å². The molecule has 0 saturated heterocycles. The van der Waals surface area contributed by atoms with Crippen molar-refractivity contribution in [3.8, 4) is 0 Å². The van der Waals surface area contributed by atoms with Gasteiger partial charge < -0.3 is 15.4 Å². The number of aromatic nitrogens is 2. The fraction of sp³-hybridized carbons (Fsp3) is 0.429. The molecule has 0 bridgehead atoms. The van der Waals surface area contributed by atoms with Gasteiger partial charge in [-0.05, 0) is 13.0 Å². The van der Waals surface area contributed by atoms with Crippen LogP contribution in [-0.2, 0) is 4.74 Å². The first-order chi connectivity index (χ1) is 9.36. The molecular formula is C14H20N4O. The Labute approximate surface area is 113 Å². The van der Waals surface area contributed by atoms with Crippen molar-refractivity contribution in [3.63, 3.8) is 0 Å². The first-order valence-corrected chi connectivity index (χ1v) is 6.51. The number of hydrogen-bond donors (Lipinski definition) is 1. The van der Waals surface area contributed by atoms with Gasteiger partial charge in [0, 0.05) is 31.0 Å². The number of fused-ring (bicyclic) bond motifs is 1. The van der Waals surface area contributed by atoms with Crippen LogP contribution in [0.3, 0.4) is 0 Å². The van der Waals surface area contributed by atoms with Gasteiger partial charge >= 0.3 is 0 Å². The van der Waals surface area contributed by atoms with Gasteiger partial charge in [0.05, 0.1) is 12.8 Å². The highest BCUT2D eigenvalue weighted by molar-refractivity contribution is 5.91. The van der Waals surface area contributed by atoms with Gasteiger partial charge in [0.2, 0.25) is 0 Å². The number of nitrogens with zero attached hydrogens (tertiary/aromatic N) is 3. The van der Waals surface area contributed by atoms with Crippen molar-refractivity contribution >= 4 is 16.6 Å². The fourth-order valence-electron chi connectivity index (χ4n) is 2.05. The molecule has 1 aromatic heterocycles. The summed E-state index contributed by atoms with van der Waals surface area (Å²) in [6.07, 6.45) is 2.71. The van der Waals surface area contributed by atoms with E-state index >= 15 is 0 Å². The van der Waals surface area contributed by atoms with Crippen molar-refractivity contribution in [2.24, 2.45) is 5.73 Å². The van der Waals surface area contributed by atoms with Crippen LogP contribution < -0.4 is 10.6 Å². The second-order valence-corrected chi connectivity index (χ2v) is 4.38. The minimum atomic E-state index is 0.662. The number of benzene rings is 1. The second-order valence-electron chi connectivity index (χ2n) is 4.38. The van der Waals surface area contributed by atoms with Crippen LogP contribution >= 0.6 is 0 Å². The van der Waals surface area contributed by atoms with Crippen molar-refractivity contribution in [2.75, 3.05) is 38.3 Å². The first-order valence-electron chi connectivity index (χ1n) is 6.51. The van der Waals surface area contributed by atoms with E-state index in [1.54, 1.807) is 13.3 Å². The normalized spacial score (nSPS) is 10.8. The van der Waals surface area contributed by atoms with Gasteiger partial charge in [-0.15, -0.1) is 5.10 Å². The molecule has 0 spiro atoms. The topological polar surface area (TPSA) is 64.3 Å². The lowest BCUT2D eigenvalue weighted by molar-refractivity contribution is 0.205. The maximum Gasteiger partial charge on any atom is 0.159 e. The van der Waals surface area contributed by atoms with E-state index in [1.807, 2.05) is 18.2 Å².